The fourth-order valence-electron chi connectivity index (χ4n) is 3.40. The van der Waals surface area contributed by atoms with Gasteiger partial charge in [0.25, 0.3) is 0 Å². The van der Waals surface area contributed by atoms with Crippen molar-refractivity contribution in [3.05, 3.63) is 82.6 Å². The summed E-state index contributed by atoms with van der Waals surface area (Å²) in [6.45, 7) is 5.92. The Morgan fingerprint density at radius 1 is 0.960 bits per heavy atom. The van der Waals surface area contributed by atoms with Crippen LogP contribution in [-0.2, 0) is 0 Å². The monoisotopic (exact) mass is 332 g/mol. The fourth-order valence-corrected chi connectivity index (χ4v) is 3.40. The zero-order valence-corrected chi connectivity index (χ0v) is 14.5. The van der Waals surface area contributed by atoms with Gasteiger partial charge >= 0.3 is 0 Å². The van der Waals surface area contributed by atoms with Crippen molar-refractivity contribution in [3.8, 4) is 0 Å². The molecule has 3 heterocycles. The van der Waals surface area contributed by atoms with Crippen molar-refractivity contribution in [1.29, 1.82) is 0 Å². The van der Waals surface area contributed by atoms with Gasteiger partial charge in [0, 0.05) is 5.69 Å². The first-order valence-corrected chi connectivity index (χ1v) is 8.32. The molecule has 0 saturated carbocycles. The van der Waals surface area contributed by atoms with E-state index in [1.54, 1.807) is 0 Å². The molecule has 3 aromatic heterocycles. The van der Waals surface area contributed by atoms with Crippen LogP contribution in [-0.4, -0.2) is 4.98 Å². The summed E-state index contributed by atoms with van der Waals surface area (Å²) in [6.07, 6.45) is 0. The Kier molecular flexibility index (Phi) is 3.61. The number of aryl methyl sites for hydroxylation is 3. The average molecular weight is 332 g/mol. The molecule has 0 bridgehead atoms. The lowest BCUT2D eigenvalue weighted by molar-refractivity contribution is 0.447. The number of pyridine rings is 1. The summed E-state index contributed by atoms with van der Waals surface area (Å²) in [7, 11) is 0. The maximum atomic E-state index is 6.50. The SMILES string of the molecule is Cc1cc(C)c2c(N)c(C(c3ccccc3)c3ccc(C)o3)oc2n1. The van der Waals surface area contributed by atoms with E-state index in [0.717, 1.165) is 33.7 Å². The number of nitrogens with two attached hydrogens (primary N) is 1. The van der Waals surface area contributed by atoms with Crippen LogP contribution >= 0.6 is 0 Å². The third kappa shape index (κ3) is 2.60. The third-order valence-electron chi connectivity index (χ3n) is 4.49. The van der Waals surface area contributed by atoms with Gasteiger partial charge in [-0.3, -0.25) is 0 Å². The molecule has 0 aliphatic carbocycles. The van der Waals surface area contributed by atoms with Gasteiger partial charge in [-0.1, -0.05) is 30.3 Å². The summed E-state index contributed by atoms with van der Waals surface area (Å²) in [5.41, 5.74) is 10.7. The summed E-state index contributed by atoms with van der Waals surface area (Å²) in [5, 5.41) is 0.879. The van der Waals surface area contributed by atoms with Crippen molar-refractivity contribution in [3.63, 3.8) is 0 Å². The van der Waals surface area contributed by atoms with E-state index in [4.69, 9.17) is 14.6 Å². The van der Waals surface area contributed by atoms with E-state index < -0.39 is 0 Å². The van der Waals surface area contributed by atoms with Crippen molar-refractivity contribution in [2.75, 3.05) is 5.73 Å². The quantitative estimate of drug-likeness (QED) is 0.566. The number of fused-ring (bicyclic) bond motifs is 1. The first-order chi connectivity index (χ1) is 12.0. The smallest absolute Gasteiger partial charge is 0.228 e. The molecule has 0 amide bonds. The number of benzene rings is 1. The molecular weight excluding hydrogens is 312 g/mol. The van der Waals surface area contributed by atoms with Crippen LogP contribution in [0.2, 0.25) is 0 Å². The summed E-state index contributed by atoms with van der Waals surface area (Å²) in [5.74, 6) is 2.14. The zero-order chi connectivity index (χ0) is 17.6. The van der Waals surface area contributed by atoms with E-state index in [-0.39, 0.29) is 5.92 Å². The number of anilines is 1. The van der Waals surface area contributed by atoms with E-state index in [1.807, 2.05) is 57.2 Å². The van der Waals surface area contributed by atoms with Gasteiger partial charge < -0.3 is 14.6 Å². The number of aromatic nitrogens is 1. The molecule has 1 unspecified atom stereocenters. The van der Waals surface area contributed by atoms with Crippen LogP contribution in [0.3, 0.4) is 0 Å². The van der Waals surface area contributed by atoms with Gasteiger partial charge in [0.1, 0.15) is 23.2 Å². The van der Waals surface area contributed by atoms with Crippen LogP contribution in [0.5, 0.6) is 0 Å². The highest BCUT2D eigenvalue weighted by molar-refractivity contribution is 5.92. The minimum atomic E-state index is -0.205. The second-order valence-corrected chi connectivity index (χ2v) is 6.43. The van der Waals surface area contributed by atoms with Crippen LogP contribution in [0.25, 0.3) is 11.1 Å². The molecule has 0 aliphatic heterocycles. The van der Waals surface area contributed by atoms with Gasteiger partial charge in [-0.05, 0) is 50.1 Å². The van der Waals surface area contributed by atoms with Gasteiger partial charge in [0.05, 0.1) is 11.1 Å². The Bertz CT molecular complexity index is 1040. The Morgan fingerprint density at radius 2 is 1.72 bits per heavy atom. The van der Waals surface area contributed by atoms with E-state index in [1.165, 1.54) is 0 Å². The number of nitrogen functional groups attached to an aromatic ring is 1. The van der Waals surface area contributed by atoms with Crippen LogP contribution in [0.15, 0.2) is 57.4 Å². The van der Waals surface area contributed by atoms with E-state index in [2.05, 4.69) is 17.1 Å². The van der Waals surface area contributed by atoms with Crippen LogP contribution < -0.4 is 5.73 Å². The first-order valence-electron chi connectivity index (χ1n) is 8.32. The molecule has 0 saturated heterocycles. The number of rotatable bonds is 3. The molecule has 2 N–H and O–H groups in total. The maximum absolute atomic E-state index is 6.50. The number of hydrogen-bond acceptors (Lipinski definition) is 4. The molecule has 0 radical (unpaired) electrons. The van der Waals surface area contributed by atoms with Crippen LogP contribution in [0, 0.1) is 20.8 Å². The lowest BCUT2D eigenvalue weighted by atomic mass is 9.92. The minimum Gasteiger partial charge on any atom is -0.465 e. The largest absolute Gasteiger partial charge is 0.465 e. The molecule has 4 nitrogen and oxygen atoms in total. The molecule has 126 valence electrons. The summed E-state index contributed by atoms with van der Waals surface area (Å²) < 4.78 is 12.1. The Hall–Kier alpha value is -3.01. The second kappa shape index (κ2) is 5.81. The highest BCUT2D eigenvalue weighted by Gasteiger charge is 2.28. The molecule has 1 atom stereocenters. The Morgan fingerprint density at radius 3 is 2.40 bits per heavy atom. The standard InChI is InChI=1S/C21H20N2O2/c1-12-11-13(2)23-21-17(12)19(22)20(25-21)18(15-7-5-4-6-8-15)16-10-9-14(3)24-16/h4-11,18H,22H2,1-3H3. The van der Waals surface area contributed by atoms with Crippen molar-refractivity contribution in [2.45, 2.75) is 26.7 Å². The summed E-state index contributed by atoms with van der Waals surface area (Å²) >= 11 is 0. The topological polar surface area (TPSA) is 65.2 Å². The molecule has 0 aliphatic rings. The van der Waals surface area contributed by atoms with Gasteiger partial charge in [0.15, 0.2) is 0 Å². The Balaban J connectivity index is 1.98. The molecule has 4 aromatic rings. The van der Waals surface area contributed by atoms with Crippen molar-refractivity contribution >= 4 is 16.8 Å². The van der Waals surface area contributed by atoms with E-state index in [9.17, 15) is 0 Å². The molecule has 25 heavy (non-hydrogen) atoms. The van der Waals surface area contributed by atoms with E-state index in [0.29, 0.717) is 17.2 Å². The van der Waals surface area contributed by atoms with Crippen molar-refractivity contribution in [1.82, 2.24) is 4.98 Å². The van der Waals surface area contributed by atoms with Crippen LogP contribution in [0.4, 0.5) is 5.69 Å². The zero-order valence-electron chi connectivity index (χ0n) is 14.5. The molecular formula is C21H20N2O2. The summed E-state index contributed by atoms with van der Waals surface area (Å²) in [4.78, 5) is 4.52. The van der Waals surface area contributed by atoms with Crippen molar-refractivity contribution < 1.29 is 8.83 Å². The molecule has 1 aromatic carbocycles. The number of hydrogen-bond donors (Lipinski definition) is 1. The van der Waals surface area contributed by atoms with Crippen molar-refractivity contribution in [2.24, 2.45) is 0 Å². The first kappa shape index (κ1) is 15.5. The van der Waals surface area contributed by atoms with E-state index >= 15 is 0 Å². The number of furan rings is 2. The normalized spacial score (nSPS) is 12.6. The fraction of sp³-hybridized carbons (Fsp3) is 0.190. The van der Waals surface area contributed by atoms with Gasteiger partial charge in [-0.15, -0.1) is 0 Å². The minimum absolute atomic E-state index is 0.205. The molecule has 0 spiro atoms. The number of nitrogens with zero attached hydrogens (tertiary/aromatic N) is 1. The van der Waals surface area contributed by atoms with Gasteiger partial charge in [-0.25, -0.2) is 4.98 Å². The molecule has 0 fully saturated rings. The Labute approximate surface area is 146 Å². The highest BCUT2D eigenvalue weighted by Crippen LogP contribution is 2.41. The summed E-state index contributed by atoms with van der Waals surface area (Å²) in [6, 6.07) is 16.1. The lowest BCUT2D eigenvalue weighted by Crippen LogP contribution is -2.03. The molecule has 4 rings (SSSR count). The third-order valence-corrected chi connectivity index (χ3v) is 4.49. The maximum Gasteiger partial charge on any atom is 0.228 e. The average Bonchev–Trinajstić information content (AvgIpc) is 3.13. The van der Waals surface area contributed by atoms with Gasteiger partial charge in [-0.2, -0.15) is 0 Å². The highest BCUT2D eigenvalue weighted by atomic mass is 16.4. The lowest BCUT2D eigenvalue weighted by Gasteiger charge is -2.13. The van der Waals surface area contributed by atoms with Crippen LogP contribution in [0.1, 0.15) is 40.0 Å². The second-order valence-electron chi connectivity index (χ2n) is 6.43. The predicted octanol–water partition coefficient (Wildman–Crippen LogP) is 5.11. The predicted molar refractivity (Wildman–Crippen MR) is 98.7 cm³/mol. The van der Waals surface area contributed by atoms with Gasteiger partial charge in [0.2, 0.25) is 5.71 Å². The molecule has 4 heteroatoms.